The highest BCUT2D eigenvalue weighted by atomic mass is 14.7. The summed E-state index contributed by atoms with van der Waals surface area (Å²) in [4.78, 5) is 19.1. The Bertz CT molecular complexity index is 2430. The van der Waals surface area contributed by atoms with Crippen molar-refractivity contribution in [1.29, 1.82) is 0 Å². The van der Waals surface area contributed by atoms with Crippen LogP contribution in [0.25, 0.3) is 83.7 Å². The lowest BCUT2D eigenvalue weighted by molar-refractivity contribution is 1.31. The predicted octanol–water partition coefficient (Wildman–Crippen LogP) is 10.0. The molecule has 0 saturated carbocycles. The van der Waals surface area contributed by atoms with E-state index in [1.807, 2.05) is 43.3 Å². The quantitative estimate of drug-likeness (QED) is 0.202. The van der Waals surface area contributed by atoms with Gasteiger partial charge in [0.25, 0.3) is 0 Å². The van der Waals surface area contributed by atoms with Crippen LogP contribution in [0, 0.1) is 0 Å². The van der Waals surface area contributed by atoms with Crippen LogP contribution in [0.3, 0.4) is 0 Å². The normalized spacial score (nSPS) is 11.6. The first-order valence-electron chi connectivity index (χ1n) is 15.3. The summed E-state index contributed by atoms with van der Waals surface area (Å²) < 4.78 is 0. The average molecular weight is 592 g/mol. The number of nitrogens with two attached hydrogens (primary N) is 1. The van der Waals surface area contributed by atoms with E-state index in [0.29, 0.717) is 5.69 Å². The molecule has 5 nitrogen and oxygen atoms in total. The highest BCUT2D eigenvalue weighted by Gasteiger charge is 2.10. The zero-order valence-electron chi connectivity index (χ0n) is 25.2. The van der Waals surface area contributed by atoms with E-state index in [0.717, 1.165) is 83.2 Å². The fourth-order valence-electron chi connectivity index (χ4n) is 5.96. The zero-order chi connectivity index (χ0) is 31.0. The van der Waals surface area contributed by atoms with Gasteiger partial charge in [-0.2, -0.15) is 0 Å². The van der Waals surface area contributed by atoms with Gasteiger partial charge in [-0.1, -0.05) is 91.0 Å². The van der Waals surface area contributed by atoms with Crippen LogP contribution < -0.4 is 5.73 Å². The summed E-state index contributed by atoms with van der Waals surface area (Å²) in [6.45, 7) is 1.99. The van der Waals surface area contributed by atoms with Gasteiger partial charge < -0.3 is 5.73 Å². The van der Waals surface area contributed by atoms with E-state index in [2.05, 4.69) is 102 Å². The Kier molecular flexibility index (Phi) is 6.77. The van der Waals surface area contributed by atoms with E-state index in [-0.39, 0.29) is 0 Å². The van der Waals surface area contributed by atoms with Gasteiger partial charge in [-0.15, -0.1) is 0 Å². The van der Waals surface area contributed by atoms with Crippen molar-refractivity contribution in [3.8, 4) is 44.9 Å². The van der Waals surface area contributed by atoms with E-state index < -0.39 is 0 Å². The minimum atomic E-state index is 0.698. The fourth-order valence-corrected chi connectivity index (χ4v) is 5.96. The van der Waals surface area contributed by atoms with Crippen molar-refractivity contribution in [3.05, 3.63) is 145 Å². The van der Waals surface area contributed by atoms with Gasteiger partial charge in [0.1, 0.15) is 0 Å². The minimum Gasteiger partial charge on any atom is -0.396 e. The van der Waals surface area contributed by atoms with Crippen molar-refractivity contribution in [3.63, 3.8) is 0 Å². The molecule has 4 heterocycles. The second kappa shape index (κ2) is 11.4. The van der Waals surface area contributed by atoms with Crippen LogP contribution in [0.4, 0.5) is 5.69 Å². The third-order valence-corrected chi connectivity index (χ3v) is 8.45. The highest BCUT2D eigenvalue weighted by molar-refractivity contribution is 5.95. The summed E-state index contributed by atoms with van der Waals surface area (Å²) >= 11 is 0. The van der Waals surface area contributed by atoms with Crippen molar-refractivity contribution in [2.45, 2.75) is 6.92 Å². The van der Waals surface area contributed by atoms with E-state index in [4.69, 9.17) is 20.7 Å². The molecular formula is C41H29N5. The molecule has 46 heavy (non-hydrogen) atoms. The van der Waals surface area contributed by atoms with Crippen LogP contribution in [0.2, 0.25) is 0 Å². The van der Waals surface area contributed by atoms with Gasteiger partial charge in [-0.05, 0) is 66.1 Å². The Morgan fingerprint density at radius 3 is 1.50 bits per heavy atom. The topological polar surface area (TPSA) is 77.6 Å². The Hall–Kier alpha value is -6.20. The lowest BCUT2D eigenvalue weighted by Gasteiger charge is -2.10. The highest BCUT2D eigenvalue weighted by Crippen LogP contribution is 2.31. The Balaban J connectivity index is 1.10. The van der Waals surface area contributed by atoms with E-state index in [9.17, 15) is 0 Å². The van der Waals surface area contributed by atoms with E-state index in [1.54, 1.807) is 12.4 Å². The Labute approximate surface area is 266 Å². The summed E-state index contributed by atoms with van der Waals surface area (Å²) in [5, 5.41) is 3.23. The zero-order valence-corrected chi connectivity index (χ0v) is 25.2. The smallest absolute Gasteiger partial charge is 0.0944 e. The third kappa shape index (κ3) is 5.04. The number of aromatic nitrogens is 4. The molecule has 4 aromatic heterocycles. The van der Waals surface area contributed by atoms with Crippen LogP contribution in [0.1, 0.15) is 12.5 Å². The van der Waals surface area contributed by atoms with Gasteiger partial charge in [0.15, 0.2) is 0 Å². The number of hydrogen-bond donors (Lipinski definition) is 1. The first kappa shape index (κ1) is 27.4. The fraction of sp³-hybridized carbons (Fsp3) is 0.0244. The third-order valence-electron chi connectivity index (χ3n) is 8.45. The molecule has 0 aliphatic carbocycles. The largest absolute Gasteiger partial charge is 0.396 e. The molecule has 0 unspecified atom stereocenters. The van der Waals surface area contributed by atoms with E-state index in [1.165, 1.54) is 0 Å². The SMILES string of the molecule is C/C=C\c1ccc2ccc(-c3ccc(-c4ccc5ccc(-c6ccc7ccc(-c8ccncc8)nc7c6)cc5n4)cc3)nc2c1N. The molecule has 0 aliphatic rings. The molecule has 218 valence electrons. The van der Waals surface area contributed by atoms with Crippen molar-refractivity contribution in [1.82, 2.24) is 19.9 Å². The first-order chi connectivity index (χ1) is 22.6. The first-order valence-corrected chi connectivity index (χ1v) is 15.3. The van der Waals surface area contributed by atoms with Gasteiger partial charge in [-0.3, -0.25) is 4.98 Å². The minimum absolute atomic E-state index is 0.698. The molecule has 0 fully saturated rings. The summed E-state index contributed by atoms with van der Waals surface area (Å²) in [5.74, 6) is 0. The second-order valence-electron chi connectivity index (χ2n) is 11.4. The number of fused-ring (bicyclic) bond motifs is 3. The van der Waals surface area contributed by atoms with Gasteiger partial charge >= 0.3 is 0 Å². The number of pyridine rings is 4. The number of nitrogens with zero attached hydrogens (tertiary/aromatic N) is 4. The molecular weight excluding hydrogens is 562 g/mol. The van der Waals surface area contributed by atoms with Crippen molar-refractivity contribution >= 4 is 44.5 Å². The standard InChI is InChI=1S/C41H29N5/c1-2-3-31-10-11-32-16-19-37(46-41(32)40(31)42)27-6-4-26(5-7-27)35-17-14-28-8-12-33(24-38(28)44-35)34-13-9-29-15-18-36(45-39(29)25-34)30-20-22-43-23-21-30/h2-25H,42H2,1H3/b3-2-. The summed E-state index contributed by atoms with van der Waals surface area (Å²) in [6.07, 6.45) is 7.59. The molecule has 2 N–H and O–H groups in total. The van der Waals surface area contributed by atoms with Crippen LogP contribution in [0.15, 0.2) is 140 Å². The average Bonchev–Trinajstić information content (AvgIpc) is 3.12. The van der Waals surface area contributed by atoms with Crippen LogP contribution >= 0.6 is 0 Å². The molecule has 0 atom stereocenters. The van der Waals surface area contributed by atoms with Gasteiger partial charge in [0, 0.05) is 45.2 Å². The van der Waals surface area contributed by atoms with Crippen LogP contribution in [0.5, 0.6) is 0 Å². The molecule has 8 aromatic rings. The number of hydrogen-bond acceptors (Lipinski definition) is 5. The number of nitrogen functional groups attached to an aromatic ring is 1. The maximum Gasteiger partial charge on any atom is 0.0944 e. The molecule has 4 aromatic carbocycles. The summed E-state index contributed by atoms with van der Waals surface area (Å²) in [7, 11) is 0. The molecule has 0 spiro atoms. The van der Waals surface area contributed by atoms with Gasteiger partial charge in [0.2, 0.25) is 0 Å². The lowest BCUT2D eigenvalue weighted by atomic mass is 10.0. The molecule has 5 heteroatoms. The Morgan fingerprint density at radius 2 is 0.935 bits per heavy atom. The maximum absolute atomic E-state index is 6.47. The number of allylic oxidation sites excluding steroid dienone is 1. The molecule has 8 rings (SSSR count). The molecule has 0 amide bonds. The van der Waals surface area contributed by atoms with Gasteiger partial charge in [-0.25, -0.2) is 15.0 Å². The Morgan fingerprint density at radius 1 is 0.478 bits per heavy atom. The molecule has 0 aliphatic heterocycles. The number of rotatable bonds is 5. The lowest BCUT2D eigenvalue weighted by Crippen LogP contribution is -1.95. The van der Waals surface area contributed by atoms with Gasteiger partial charge in [0.05, 0.1) is 39.3 Å². The molecule has 0 bridgehead atoms. The predicted molar refractivity (Wildman–Crippen MR) is 191 cm³/mol. The summed E-state index contributed by atoms with van der Waals surface area (Å²) in [6, 6.07) is 41.8. The molecule has 0 radical (unpaired) electrons. The van der Waals surface area contributed by atoms with E-state index >= 15 is 0 Å². The molecule has 0 saturated heterocycles. The maximum atomic E-state index is 6.47. The van der Waals surface area contributed by atoms with Crippen LogP contribution in [-0.2, 0) is 0 Å². The van der Waals surface area contributed by atoms with Crippen LogP contribution in [-0.4, -0.2) is 19.9 Å². The van der Waals surface area contributed by atoms with Crippen molar-refractivity contribution < 1.29 is 0 Å². The van der Waals surface area contributed by atoms with Crippen molar-refractivity contribution in [2.24, 2.45) is 0 Å². The monoisotopic (exact) mass is 591 g/mol. The van der Waals surface area contributed by atoms with Crippen molar-refractivity contribution in [2.75, 3.05) is 5.73 Å². The number of anilines is 1. The number of benzene rings is 4. The summed E-state index contributed by atoms with van der Waals surface area (Å²) in [5.41, 5.74) is 18.9. The second-order valence-corrected chi connectivity index (χ2v) is 11.4.